The number of hydrogen-bond acceptors (Lipinski definition) is 7. The number of ether oxygens (including phenoxy) is 2. The molecule has 0 bridgehead atoms. The first-order valence-corrected chi connectivity index (χ1v) is 7.21. The Kier molecular flexibility index (Phi) is 4.63. The molecule has 0 spiro atoms. The molecule has 2 aromatic heterocycles. The smallest absolute Gasteiger partial charge is 0.344 e. The largest absolute Gasteiger partial charge is 0.457 e. The highest BCUT2D eigenvalue weighted by molar-refractivity contribution is 5.77. The van der Waals surface area contributed by atoms with Gasteiger partial charge in [-0.3, -0.25) is 4.79 Å². The van der Waals surface area contributed by atoms with Crippen molar-refractivity contribution in [3.8, 4) is 0 Å². The monoisotopic (exact) mass is 320 g/mol. The highest BCUT2D eigenvalue weighted by atomic mass is 16.6. The molecule has 0 radical (unpaired) electrons. The minimum Gasteiger partial charge on any atom is -0.457 e. The Labute approximate surface area is 133 Å². The van der Waals surface area contributed by atoms with Crippen molar-refractivity contribution in [3.05, 3.63) is 23.3 Å². The molecular weight excluding hydrogens is 300 g/mol. The van der Waals surface area contributed by atoms with E-state index < -0.39 is 24.1 Å². The van der Waals surface area contributed by atoms with Crippen LogP contribution in [0, 0.1) is 13.8 Å². The number of fused-ring (bicyclic) bond motifs is 1. The summed E-state index contributed by atoms with van der Waals surface area (Å²) in [6.45, 7) is 8.52. The van der Waals surface area contributed by atoms with Crippen LogP contribution >= 0.6 is 0 Å². The van der Waals surface area contributed by atoms with E-state index in [2.05, 4.69) is 15.1 Å². The van der Waals surface area contributed by atoms with Gasteiger partial charge in [-0.1, -0.05) is 0 Å². The maximum Gasteiger partial charge on any atom is 0.344 e. The van der Waals surface area contributed by atoms with Gasteiger partial charge in [0.25, 0.3) is 5.78 Å². The van der Waals surface area contributed by atoms with Gasteiger partial charge in [0, 0.05) is 11.4 Å². The van der Waals surface area contributed by atoms with E-state index in [1.54, 1.807) is 25.3 Å². The third-order valence-electron chi connectivity index (χ3n) is 2.74. The number of rotatable bonds is 4. The van der Waals surface area contributed by atoms with Crippen molar-refractivity contribution < 1.29 is 19.1 Å². The minimum atomic E-state index is -0.617. The van der Waals surface area contributed by atoms with Gasteiger partial charge in [0.15, 0.2) is 12.4 Å². The Morgan fingerprint density at radius 1 is 1.17 bits per heavy atom. The van der Waals surface area contributed by atoms with Crippen LogP contribution in [0.25, 0.3) is 5.78 Å². The topological polar surface area (TPSA) is 95.7 Å². The molecule has 0 saturated heterocycles. The zero-order valence-corrected chi connectivity index (χ0v) is 13.9. The highest BCUT2D eigenvalue weighted by Gasteiger charge is 2.18. The van der Waals surface area contributed by atoms with Gasteiger partial charge >= 0.3 is 11.9 Å². The van der Waals surface area contributed by atoms with Crippen LogP contribution in [-0.4, -0.2) is 43.7 Å². The van der Waals surface area contributed by atoms with Crippen LogP contribution < -0.4 is 0 Å². The maximum atomic E-state index is 11.8. The van der Waals surface area contributed by atoms with E-state index in [1.807, 2.05) is 19.9 Å². The summed E-state index contributed by atoms with van der Waals surface area (Å²) in [6.07, 6.45) is -0.134. The van der Waals surface area contributed by atoms with E-state index in [4.69, 9.17) is 9.47 Å². The summed E-state index contributed by atoms with van der Waals surface area (Å²) in [6, 6.07) is 1.87. The Morgan fingerprint density at radius 2 is 1.87 bits per heavy atom. The molecule has 0 aromatic carbocycles. The Bertz CT molecular complexity index is 746. The summed E-state index contributed by atoms with van der Waals surface area (Å²) in [7, 11) is 0. The predicted octanol–water partition coefficient (Wildman–Crippen LogP) is 1.17. The minimum absolute atomic E-state index is 0.134. The Hall–Kier alpha value is -2.51. The van der Waals surface area contributed by atoms with E-state index in [-0.39, 0.29) is 6.42 Å². The standard InChI is InChI=1S/C15H20N4O4/c1-9-6-10(2)19-14(16-9)17-11(18-19)7-12(20)22-8-13(21)23-15(3,4)5/h6H,7-8H2,1-5H3. The third kappa shape index (κ3) is 4.73. The first-order chi connectivity index (χ1) is 10.6. The lowest BCUT2D eigenvalue weighted by atomic mass is 10.2. The van der Waals surface area contributed by atoms with Crippen molar-refractivity contribution in [2.45, 2.75) is 46.6 Å². The van der Waals surface area contributed by atoms with Gasteiger partial charge in [-0.25, -0.2) is 14.3 Å². The van der Waals surface area contributed by atoms with Gasteiger partial charge in [-0.15, -0.1) is 5.10 Å². The van der Waals surface area contributed by atoms with Crippen LogP contribution in [0.4, 0.5) is 0 Å². The van der Waals surface area contributed by atoms with Crippen LogP contribution in [-0.2, 0) is 25.5 Å². The molecule has 2 rings (SSSR count). The predicted molar refractivity (Wildman–Crippen MR) is 80.8 cm³/mol. The zero-order valence-electron chi connectivity index (χ0n) is 13.9. The number of esters is 2. The number of aromatic nitrogens is 4. The Morgan fingerprint density at radius 3 is 2.52 bits per heavy atom. The Balaban J connectivity index is 1.96. The molecule has 23 heavy (non-hydrogen) atoms. The maximum absolute atomic E-state index is 11.8. The second-order valence-corrected chi connectivity index (χ2v) is 6.20. The highest BCUT2D eigenvalue weighted by Crippen LogP contribution is 2.08. The van der Waals surface area contributed by atoms with Gasteiger partial charge in [0.2, 0.25) is 0 Å². The molecule has 0 amide bonds. The van der Waals surface area contributed by atoms with Gasteiger partial charge in [0.05, 0.1) is 0 Å². The molecule has 2 heterocycles. The third-order valence-corrected chi connectivity index (χ3v) is 2.74. The van der Waals surface area contributed by atoms with Crippen molar-refractivity contribution >= 4 is 17.7 Å². The number of carbonyl (C=O) groups excluding carboxylic acids is 2. The van der Waals surface area contributed by atoms with E-state index in [0.717, 1.165) is 11.4 Å². The molecule has 0 saturated carbocycles. The number of aryl methyl sites for hydroxylation is 2. The fourth-order valence-electron chi connectivity index (χ4n) is 1.97. The SMILES string of the molecule is Cc1cc(C)n2nc(CC(=O)OCC(=O)OC(C)(C)C)nc2n1. The molecule has 0 atom stereocenters. The summed E-state index contributed by atoms with van der Waals surface area (Å²) >= 11 is 0. The van der Waals surface area contributed by atoms with Gasteiger partial charge in [-0.05, 0) is 40.7 Å². The second-order valence-electron chi connectivity index (χ2n) is 6.20. The molecule has 2 aromatic rings. The van der Waals surface area contributed by atoms with Crippen LogP contribution in [0.3, 0.4) is 0 Å². The van der Waals surface area contributed by atoms with Gasteiger partial charge in [-0.2, -0.15) is 4.98 Å². The van der Waals surface area contributed by atoms with E-state index in [0.29, 0.717) is 11.6 Å². The molecule has 124 valence electrons. The summed E-state index contributed by atoms with van der Waals surface area (Å²) < 4.78 is 11.5. The lowest BCUT2D eigenvalue weighted by Crippen LogP contribution is -2.27. The molecule has 0 aliphatic heterocycles. The van der Waals surface area contributed by atoms with Crippen LogP contribution in [0.5, 0.6) is 0 Å². The van der Waals surface area contributed by atoms with Crippen molar-refractivity contribution in [2.24, 2.45) is 0 Å². The second kappa shape index (κ2) is 6.31. The normalized spacial score (nSPS) is 11.5. The summed E-state index contributed by atoms with van der Waals surface area (Å²) in [5.41, 5.74) is 1.07. The zero-order chi connectivity index (χ0) is 17.2. The molecule has 8 nitrogen and oxygen atoms in total. The molecule has 8 heteroatoms. The molecule has 0 aliphatic carbocycles. The fourth-order valence-corrected chi connectivity index (χ4v) is 1.97. The summed E-state index contributed by atoms with van der Waals surface area (Å²) in [5.74, 6) is -0.471. The van der Waals surface area contributed by atoms with Crippen LogP contribution in [0.15, 0.2) is 6.07 Å². The van der Waals surface area contributed by atoms with E-state index in [1.165, 1.54) is 0 Å². The lowest BCUT2D eigenvalue weighted by molar-refractivity contribution is -0.166. The molecule has 0 unspecified atom stereocenters. The number of nitrogens with zero attached hydrogens (tertiary/aromatic N) is 4. The molecule has 0 N–H and O–H groups in total. The van der Waals surface area contributed by atoms with Gasteiger partial charge in [0.1, 0.15) is 12.0 Å². The summed E-state index contributed by atoms with van der Waals surface area (Å²) in [5, 5.41) is 4.21. The van der Waals surface area contributed by atoms with Crippen molar-refractivity contribution in [2.75, 3.05) is 6.61 Å². The van der Waals surface area contributed by atoms with Crippen LogP contribution in [0.2, 0.25) is 0 Å². The number of hydrogen-bond donors (Lipinski definition) is 0. The van der Waals surface area contributed by atoms with Gasteiger partial charge < -0.3 is 9.47 Å². The molecule has 0 fully saturated rings. The first-order valence-electron chi connectivity index (χ1n) is 7.21. The fraction of sp³-hybridized carbons (Fsp3) is 0.533. The van der Waals surface area contributed by atoms with Crippen molar-refractivity contribution in [1.82, 2.24) is 19.6 Å². The average Bonchev–Trinajstić information content (AvgIpc) is 2.77. The lowest BCUT2D eigenvalue weighted by Gasteiger charge is -2.19. The first kappa shape index (κ1) is 16.9. The van der Waals surface area contributed by atoms with E-state index in [9.17, 15) is 9.59 Å². The average molecular weight is 320 g/mol. The summed E-state index contributed by atoms with van der Waals surface area (Å²) in [4.78, 5) is 31.7. The quantitative estimate of drug-likeness (QED) is 0.780. The number of carbonyl (C=O) groups is 2. The van der Waals surface area contributed by atoms with E-state index >= 15 is 0 Å². The van der Waals surface area contributed by atoms with Crippen molar-refractivity contribution in [3.63, 3.8) is 0 Å². The molecule has 0 aliphatic rings. The van der Waals surface area contributed by atoms with Crippen molar-refractivity contribution in [1.29, 1.82) is 0 Å². The molecular formula is C15H20N4O4. The van der Waals surface area contributed by atoms with Crippen LogP contribution in [0.1, 0.15) is 38.0 Å².